The fourth-order valence-electron chi connectivity index (χ4n) is 4.18. The molecule has 1 atom stereocenters. The van der Waals surface area contributed by atoms with E-state index in [1.165, 1.54) is 29.5 Å². The maximum Gasteiger partial charge on any atom is 0.417 e. The van der Waals surface area contributed by atoms with Crippen molar-refractivity contribution in [2.45, 2.75) is 38.0 Å². The minimum absolute atomic E-state index is 0. The molecule has 1 unspecified atom stereocenters. The predicted molar refractivity (Wildman–Crippen MR) is 114 cm³/mol. The van der Waals surface area contributed by atoms with E-state index in [2.05, 4.69) is 28.5 Å². The lowest BCUT2D eigenvalue weighted by molar-refractivity contribution is 0.401. The third kappa shape index (κ3) is 4.42. The van der Waals surface area contributed by atoms with Gasteiger partial charge in [0.15, 0.2) is 5.58 Å². The van der Waals surface area contributed by atoms with Crippen molar-refractivity contribution in [3.05, 3.63) is 63.6 Å². The van der Waals surface area contributed by atoms with E-state index in [1.54, 1.807) is 7.11 Å². The van der Waals surface area contributed by atoms with Gasteiger partial charge in [-0.25, -0.2) is 4.79 Å². The Labute approximate surface area is 170 Å². The zero-order valence-corrected chi connectivity index (χ0v) is 16.9. The van der Waals surface area contributed by atoms with Crippen LogP contribution in [0.3, 0.4) is 0 Å². The second-order valence-corrected chi connectivity index (χ2v) is 7.25. The number of hydrogen-bond donors (Lipinski definition) is 2. The third-order valence-electron chi connectivity index (χ3n) is 5.55. The number of oxazole rings is 1. The van der Waals surface area contributed by atoms with Gasteiger partial charge in [0.05, 0.1) is 12.6 Å². The van der Waals surface area contributed by atoms with Crippen LogP contribution in [0, 0.1) is 0 Å². The zero-order valence-electron chi connectivity index (χ0n) is 16.1. The van der Waals surface area contributed by atoms with E-state index in [4.69, 9.17) is 9.15 Å². The highest BCUT2D eigenvalue weighted by Crippen LogP contribution is 2.38. The number of hydrogen-bond acceptors (Lipinski definition) is 4. The van der Waals surface area contributed by atoms with Crippen molar-refractivity contribution >= 4 is 23.5 Å². The smallest absolute Gasteiger partial charge is 0.417 e. The molecule has 0 radical (unpaired) electrons. The molecule has 0 saturated heterocycles. The van der Waals surface area contributed by atoms with E-state index < -0.39 is 5.76 Å². The summed E-state index contributed by atoms with van der Waals surface area (Å²) in [4.78, 5) is 13.9. The monoisotopic (exact) mass is 402 g/mol. The number of aromatic amines is 1. The molecule has 0 fully saturated rings. The SMILES string of the molecule is COc1cccc2c1CCCC2CCNCCc1ccc2[nH]c(=O)oc2c1.Cl. The summed E-state index contributed by atoms with van der Waals surface area (Å²) in [5.41, 5.74) is 5.42. The largest absolute Gasteiger partial charge is 0.496 e. The van der Waals surface area contributed by atoms with E-state index >= 15 is 0 Å². The van der Waals surface area contributed by atoms with Crippen molar-refractivity contribution in [3.8, 4) is 5.75 Å². The van der Waals surface area contributed by atoms with Gasteiger partial charge in [-0.05, 0) is 86.0 Å². The van der Waals surface area contributed by atoms with Crippen LogP contribution in [0.1, 0.15) is 41.9 Å². The van der Waals surface area contributed by atoms with Crippen LogP contribution in [-0.4, -0.2) is 25.2 Å². The predicted octanol–water partition coefficient (Wildman–Crippen LogP) is 4.19. The molecule has 4 rings (SSSR count). The molecule has 28 heavy (non-hydrogen) atoms. The average Bonchev–Trinajstić information content (AvgIpc) is 3.06. The summed E-state index contributed by atoms with van der Waals surface area (Å²) in [6, 6.07) is 12.3. The molecule has 0 bridgehead atoms. The van der Waals surface area contributed by atoms with Crippen LogP contribution < -0.4 is 15.8 Å². The number of methoxy groups -OCH3 is 1. The third-order valence-corrected chi connectivity index (χ3v) is 5.55. The summed E-state index contributed by atoms with van der Waals surface area (Å²) in [6.07, 6.45) is 5.68. The maximum absolute atomic E-state index is 11.2. The average molecular weight is 403 g/mol. The topological polar surface area (TPSA) is 67.3 Å². The highest BCUT2D eigenvalue weighted by molar-refractivity contribution is 5.85. The number of aromatic nitrogens is 1. The Balaban J connectivity index is 0.00000225. The Morgan fingerprint density at radius 1 is 1.25 bits per heavy atom. The van der Waals surface area contributed by atoms with Crippen LogP contribution in [0.2, 0.25) is 0 Å². The number of fused-ring (bicyclic) bond motifs is 2. The molecule has 2 aromatic carbocycles. The van der Waals surface area contributed by atoms with E-state index in [0.29, 0.717) is 11.5 Å². The van der Waals surface area contributed by atoms with E-state index in [9.17, 15) is 4.79 Å². The van der Waals surface area contributed by atoms with Gasteiger partial charge in [0.25, 0.3) is 0 Å². The van der Waals surface area contributed by atoms with E-state index in [-0.39, 0.29) is 12.4 Å². The molecule has 2 N–H and O–H groups in total. The van der Waals surface area contributed by atoms with Crippen molar-refractivity contribution in [3.63, 3.8) is 0 Å². The first-order valence-corrected chi connectivity index (χ1v) is 9.73. The van der Waals surface area contributed by atoms with Crippen LogP contribution in [0.25, 0.3) is 11.1 Å². The Hall–Kier alpha value is -2.24. The summed E-state index contributed by atoms with van der Waals surface area (Å²) in [7, 11) is 1.76. The number of nitrogens with one attached hydrogen (secondary N) is 2. The Bertz CT molecular complexity index is 979. The number of ether oxygens (including phenoxy) is 1. The number of H-pyrrole nitrogens is 1. The van der Waals surface area contributed by atoms with Gasteiger partial charge in [-0.2, -0.15) is 0 Å². The molecule has 0 spiro atoms. The fourth-order valence-corrected chi connectivity index (χ4v) is 4.18. The molecule has 5 nitrogen and oxygen atoms in total. The highest BCUT2D eigenvalue weighted by Gasteiger charge is 2.22. The van der Waals surface area contributed by atoms with Crippen molar-refractivity contribution in [2.24, 2.45) is 0 Å². The molecule has 0 amide bonds. The van der Waals surface area contributed by atoms with Crippen LogP contribution in [0.5, 0.6) is 5.75 Å². The van der Waals surface area contributed by atoms with Gasteiger partial charge in [-0.3, -0.25) is 4.98 Å². The second kappa shape index (κ2) is 9.30. The van der Waals surface area contributed by atoms with Gasteiger partial charge in [-0.15, -0.1) is 12.4 Å². The highest BCUT2D eigenvalue weighted by atomic mass is 35.5. The lowest BCUT2D eigenvalue weighted by Crippen LogP contribution is -2.22. The van der Waals surface area contributed by atoms with Crippen LogP contribution in [0.15, 0.2) is 45.6 Å². The van der Waals surface area contributed by atoms with Crippen molar-refractivity contribution < 1.29 is 9.15 Å². The molecule has 1 aromatic heterocycles. The Kier molecular flexibility index (Phi) is 6.81. The lowest BCUT2D eigenvalue weighted by atomic mass is 9.80. The summed E-state index contributed by atoms with van der Waals surface area (Å²) in [5.74, 6) is 1.25. The van der Waals surface area contributed by atoms with Gasteiger partial charge >= 0.3 is 5.76 Å². The van der Waals surface area contributed by atoms with Gasteiger partial charge in [0, 0.05) is 0 Å². The van der Waals surface area contributed by atoms with Gasteiger partial charge in [0.1, 0.15) is 5.75 Å². The van der Waals surface area contributed by atoms with Crippen molar-refractivity contribution in [2.75, 3.05) is 20.2 Å². The molecule has 0 aliphatic heterocycles. The number of benzene rings is 2. The number of halogens is 1. The summed E-state index contributed by atoms with van der Waals surface area (Å²) in [5, 5.41) is 3.56. The van der Waals surface area contributed by atoms with Gasteiger partial charge in [0.2, 0.25) is 0 Å². The molecule has 150 valence electrons. The number of rotatable bonds is 7. The van der Waals surface area contributed by atoms with Gasteiger partial charge < -0.3 is 14.5 Å². The Morgan fingerprint density at radius 2 is 2.14 bits per heavy atom. The quantitative estimate of drug-likeness (QED) is 0.581. The minimum Gasteiger partial charge on any atom is -0.496 e. The molecule has 1 aliphatic carbocycles. The normalized spacial score (nSPS) is 15.8. The Morgan fingerprint density at radius 3 is 3.00 bits per heavy atom. The molecular weight excluding hydrogens is 376 g/mol. The van der Waals surface area contributed by atoms with Crippen molar-refractivity contribution in [1.29, 1.82) is 0 Å². The molecule has 1 aliphatic rings. The molecule has 0 saturated carbocycles. The van der Waals surface area contributed by atoms with E-state index in [0.717, 1.165) is 43.6 Å². The molecular formula is C22H27ClN2O3. The van der Waals surface area contributed by atoms with E-state index in [1.807, 2.05) is 18.2 Å². The second-order valence-electron chi connectivity index (χ2n) is 7.25. The molecule has 3 aromatic rings. The van der Waals surface area contributed by atoms with Crippen LogP contribution in [0.4, 0.5) is 0 Å². The van der Waals surface area contributed by atoms with Gasteiger partial charge in [-0.1, -0.05) is 18.2 Å². The molecule has 1 heterocycles. The van der Waals surface area contributed by atoms with Crippen LogP contribution >= 0.6 is 12.4 Å². The summed E-state index contributed by atoms with van der Waals surface area (Å²) >= 11 is 0. The first-order valence-electron chi connectivity index (χ1n) is 9.73. The first kappa shape index (κ1) is 20.5. The fraction of sp³-hybridized carbons (Fsp3) is 0.409. The summed E-state index contributed by atoms with van der Waals surface area (Å²) < 4.78 is 10.7. The van der Waals surface area contributed by atoms with Crippen molar-refractivity contribution in [1.82, 2.24) is 10.3 Å². The zero-order chi connectivity index (χ0) is 18.6. The lowest BCUT2D eigenvalue weighted by Gasteiger charge is -2.27. The van der Waals surface area contributed by atoms with Crippen LogP contribution in [-0.2, 0) is 12.8 Å². The maximum atomic E-state index is 11.2. The molecule has 6 heteroatoms. The minimum atomic E-state index is -0.398. The standard InChI is InChI=1S/C22H26N2O3.ClH/c1-26-20-7-3-5-17-16(4-2-6-18(17)20)11-13-23-12-10-15-8-9-19-21(14-15)27-22(25)24-19;/h3,5,7-9,14,16,23H,2,4,6,10-13H2,1H3,(H,24,25);1H. The summed E-state index contributed by atoms with van der Waals surface area (Å²) in [6.45, 7) is 1.92. The first-order chi connectivity index (χ1) is 13.2.